The average Bonchev–Trinajstić information content (AvgIpc) is 2.47. The maximum atomic E-state index is 10.9. The third-order valence-electron chi connectivity index (χ3n) is 1.87. The fourth-order valence-corrected chi connectivity index (χ4v) is 1.05. The Kier molecular flexibility index (Phi) is 3.07. The number of carbonyl (C=O) groups is 2. The standard InChI is InChI=1S/C7H12N2O4/c8-5(6(10)11)1-2-9-3-4-13-7(9)12/h5H,1-4,8H2,(H,10,11). The van der Waals surface area contributed by atoms with Gasteiger partial charge in [-0.05, 0) is 6.42 Å². The van der Waals surface area contributed by atoms with Gasteiger partial charge < -0.3 is 20.5 Å². The van der Waals surface area contributed by atoms with Crippen LogP contribution >= 0.6 is 0 Å². The van der Waals surface area contributed by atoms with Gasteiger partial charge in [0.15, 0.2) is 0 Å². The largest absolute Gasteiger partial charge is 0.480 e. The molecule has 0 saturated carbocycles. The van der Waals surface area contributed by atoms with Gasteiger partial charge in [0, 0.05) is 6.54 Å². The third-order valence-corrected chi connectivity index (χ3v) is 1.87. The Morgan fingerprint density at radius 1 is 1.77 bits per heavy atom. The van der Waals surface area contributed by atoms with Gasteiger partial charge in [0.05, 0.1) is 6.54 Å². The molecular weight excluding hydrogens is 176 g/mol. The first-order chi connectivity index (χ1) is 6.11. The van der Waals surface area contributed by atoms with Gasteiger partial charge in [-0.15, -0.1) is 0 Å². The number of cyclic esters (lactones) is 1. The lowest BCUT2D eigenvalue weighted by atomic mass is 10.2. The van der Waals surface area contributed by atoms with Gasteiger partial charge >= 0.3 is 12.1 Å². The highest BCUT2D eigenvalue weighted by Gasteiger charge is 2.23. The van der Waals surface area contributed by atoms with Crippen LogP contribution in [0.5, 0.6) is 0 Å². The second kappa shape index (κ2) is 4.08. The molecule has 0 aliphatic carbocycles. The van der Waals surface area contributed by atoms with Crippen molar-refractivity contribution < 1.29 is 19.4 Å². The Hall–Kier alpha value is -1.30. The molecule has 1 heterocycles. The van der Waals surface area contributed by atoms with Crippen LogP contribution in [0.3, 0.4) is 0 Å². The summed E-state index contributed by atoms with van der Waals surface area (Å²) in [6.07, 6.45) is -0.137. The molecule has 0 radical (unpaired) electrons. The van der Waals surface area contributed by atoms with E-state index in [0.29, 0.717) is 19.7 Å². The first-order valence-corrected chi connectivity index (χ1v) is 4.01. The van der Waals surface area contributed by atoms with Gasteiger partial charge in [-0.3, -0.25) is 4.79 Å². The number of rotatable bonds is 4. The zero-order chi connectivity index (χ0) is 9.84. The van der Waals surface area contributed by atoms with Crippen LogP contribution in [-0.4, -0.2) is 47.8 Å². The highest BCUT2D eigenvalue weighted by atomic mass is 16.6. The number of carbonyl (C=O) groups excluding carboxylic acids is 1. The molecule has 0 aromatic carbocycles. The van der Waals surface area contributed by atoms with E-state index in [0.717, 1.165) is 0 Å². The molecule has 1 saturated heterocycles. The fourth-order valence-electron chi connectivity index (χ4n) is 1.05. The Bertz CT molecular complexity index is 219. The molecule has 1 amide bonds. The summed E-state index contributed by atoms with van der Waals surface area (Å²) >= 11 is 0. The van der Waals surface area contributed by atoms with Crippen molar-refractivity contribution in [2.24, 2.45) is 5.73 Å². The Morgan fingerprint density at radius 3 is 2.92 bits per heavy atom. The maximum Gasteiger partial charge on any atom is 0.409 e. The van der Waals surface area contributed by atoms with Gasteiger partial charge in [-0.2, -0.15) is 0 Å². The molecule has 3 N–H and O–H groups in total. The molecule has 1 atom stereocenters. The third kappa shape index (κ3) is 2.59. The van der Waals surface area contributed by atoms with Gasteiger partial charge in [-0.25, -0.2) is 4.79 Å². The number of aliphatic carboxylic acids is 1. The summed E-state index contributed by atoms with van der Waals surface area (Å²) in [6, 6.07) is -0.909. The van der Waals surface area contributed by atoms with E-state index in [9.17, 15) is 9.59 Å². The van der Waals surface area contributed by atoms with Crippen molar-refractivity contribution in [2.45, 2.75) is 12.5 Å². The topological polar surface area (TPSA) is 92.9 Å². The summed E-state index contributed by atoms with van der Waals surface area (Å²) in [5.41, 5.74) is 5.26. The number of carboxylic acids is 1. The minimum absolute atomic E-state index is 0.254. The molecule has 1 aliphatic heterocycles. The number of hydrogen-bond donors (Lipinski definition) is 2. The molecule has 1 fully saturated rings. The van der Waals surface area contributed by atoms with Crippen molar-refractivity contribution in [3.8, 4) is 0 Å². The zero-order valence-corrected chi connectivity index (χ0v) is 7.10. The molecule has 6 nitrogen and oxygen atoms in total. The van der Waals surface area contributed by atoms with Gasteiger partial charge in [-0.1, -0.05) is 0 Å². The minimum Gasteiger partial charge on any atom is -0.480 e. The van der Waals surface area contributed by atoms with Gasteiger partial charge in [0.1, 0.15) is 12.6 Å². The van der Waals surface area contributed by atoms with Gasteiger partial charge in [0.2, 0.25) is 0 Å². The number of amides is 1. The predicted octanol–water partition coefficient (Wildman–Crippen LogP) is -0.759. The van der Waals surface area contributed by atoms with Crippen LogP contribution in [0.1, 0.15) is 6.42 Å². The van der Waals surface area contributed by atoms with Crippen molar-refractivity contribution in [3.05, 3.63) is 0 Å². The Balaban J connectivity index is 2.25. The van der Waals surface area contributed by atoms with E-state index in [4.69, 9.17) is 10.8 Å². The van der Waals surface area contributed by atoms with Crippen LogP contribution in [0, 0.1) is 0 Å². The quantitative estimate of drug-likeness (QED) is 0.605. The number of carboxylic acid groups (broad SMARTS) is 1. The molecule has 6 heteroatoms. The Labute approximate surface area is 75.3 Å². The molecule has 1 unspecified atom stereocenters. The zero-order valence-electron chi connectivity index (χ0n) is 7.10. The number of hydrogen-bond acceptors (Lipinski definition) is 4. The summed E-state index contributed by atoms with van der Waals surface area (Å²) in [5, 5.41) is 8.46. The average molecular weight is 188 g/mol. The monoisotopic (exact) mass is 188 g/mol. The van der Waals surface area contributed by atoms with Crippen molar-refractivity contribution in [2.75, 3.05) is 19.7 Å². The van der Waals surface area contributed by atoms with E-state index < -0.39 is 18.1 Å². The summed E-state index contributed by atoms with van der Waals surface area (Å²) < 4.78 is 4.66. The molecule has 0 aromatic rings. The lowest BCUT2D eigenvalue weighted by Gasteiger charge is -2.13. The lowest BCUT2D eigenvalue weighted by Crippen LogP contribution is -2.35. The van der Waals surface area contributed by atoms with Crippen LogP contribution in [0.4, 0.5) is 4.79 Å². The Morgan fingerprint density at radius 2 is 2.46 bits per heavy atom. The molecule has 0 bridgehead atoms. The minimum atomic E-state index is -1.05. The van der Waals surface area contributed by atoms with Crippen molar-refractivity contribution in [1.29, 1.82) is 0 Å². The predicted molar refractivity (Wildman–Crippen MR) is 43.1 cm³/mol. The van der Waals surface area contributed by atoms with E-state index in [1.54, 1.807) is 0 Å². The first kappa shape index (κ1) is 9.79. The van der Waals surface area contributed by atoms with Crippen LogP contribution in [0.2, 0.25) is 0 Å². The fraction of sp³-hybridized carbons (Fsp3) is 0.714. The lowest BCUT2D eigenvalue weighted by molar-refractivity contribution is -0.138. The first-order valence-electron chi connectivity index (χ1n) is 4.01. The number of nitrogens with zero attached hydrogens (tertiary/aromatic N) is 1. The molecule has 0 aromatic heterocycles. The highest BCUT2D eigenvalue weighted by Crippen LogP contribution is 2.04. The summed E-state index contributed by atoms with van der Waals surface area (Å²) in [7, 11) is 0. The summed E-state index contributed by atoms with van der Waals surface area (Å²) in [5.74, 6) is -1.05. The molecule has 1 rings (SSSR count). The second-order valence-corrected chi connectivity index (χ2v) is 2.83. The molecule has 74 valence electrons. The SMILES string of the molecule is NC(CCN1CCOC1=O)C(=O)O. The van der Waals surface area contributed by atoms with Crippen LogP contribution in [0.25, 0.3) is 0 Å². The van der Waals surface area contributed by atoms with Crippen molar-refractivity contribution in [1.82, 2.24) is 4.90 Å². The number of ether oxygens (including phenoxy) is 1. The molecule has 1 aliphatic rings. The van der Waals surface area contributed by atoms with E-state index in [-0.39, 0.29) is 6.42 Å². The van der Waals surface area contributed by atoms with E-state index >= 15 is 0 Å². The van der Waals surface area contributed by atoms with E-state index in [1.807, 2.05) is 0 Å². The normalized spacial score (nSPS) is 18.5. The van der Waals surface area contributed by atoms with Crippen LogP contribution < -0.4 is 5.73 Å². The molecule has 13 heavy (non-hydrogen) atoms. The summed E-state index contributed by atoms with van der Waals surface area (Å²) in [6.45, 7) is 1.23. The van der Waals surface area contributed by atoms with Crippen molar-refractivity contribution in [3.63, 3.8) is 0 Å². The maximum absolute atomic E-state index is 10.9. The van der Waals surface area contributed by atoms with E-state index in [2.05, 4.69) is 4.74 Å². The molecular formula is C7H12N2O4. The van der Waals surface area contributed by atoms with E-state index in [1.165, 1.54) is 4.90 Å². The summed E-state index contributed by atoms with van der Waals surface area (Å²) in [4.78, 5) is 22.6. The number of nitrogens with two attached hydrogens (primary N) is 1. The van der Waals surface area contributed by atoms with Crippen LogP contribution in [0.15, 0.2) is 0 Å². The second-order valence-electron chi connectivity index (χ2n) is 2.83. The van der Waals surface area contributed by atoms with Gasteiger partial charge in [0.25, 0.3) is 0 Å². The smallest absolute Gasteiger partial charge is 0.409 e. The van der Waals surface area contributed by atoms with Crippen LogP contribution in [-0.2, 0) is 9.53 Å². The highest BCUT2D eigenvalue weighted by molar-refractivity contribution is 5.73. The molecule has 0 spiro atoms. The van der Waals surface area contributed by atoms with Crippen molar-refractivity contribution >= 4 is 12.1 Å².